The fraction of sp³-hybridized carbons (Fsp3) is 0.402. The van der Waals surface area contributed by atoms with E-state index in [0.29, 0.717) is 49.5 Å². The molecule has 0 spiro atoms. The maximum absolute atomic E-state index is 13.6. The van der Waals surface area contributed by atoms with E-state index in [1.807, 2.05) is 205 Å². The largest absolute Gasteiger partial charge is 0.503 e. The van der Waals surface area contributed by atoms with Gasteiger partial charge in [0.1, 0.15) is 29.9 Å². The lowest BCUT2D eigenvalue weighted by atomic mass is 9.77. The molecule has 6 saturated carbocycles. The van der Waals surface area contributed by atoms with E-state index in [9.17, 15) is 64.0 Å². The molecule has 0 amide bonds. The van der Waals surface area contributed by atoms with Crippen molar-refractivity contribution in [2.45, 2.75) is 219 Å². The number of Topliss-reactive ketones (excluding diaryl/α,β-unsaturated/α-hetero) is 2. The molecule has 6 aliphatic carbocycles. The summed E-state index contributed by atoms with van der Waals surface area (Å²) in [5.74, 6) is -2.72. The van der Waals surface area contributed by atoms with E-state index in [0.717, 1.165) is 143 Å². The molecule has 682 valence electrons. The number of ether oxygens (including phenoxy) is 4. The Morgan fingerprint density at radius 1 is 0.415 bits per heavy atom. The lowest BCUT2D eigenvalue weighted by molar-refractivity contribution is 0.0131. The number of ketones is 2. The number of carboxylic acid groups (broad SMARTS) is 1. The lowest BCUT2D eigenvalue weighted by Gasteiger charge is -2.35. The number of pyridine rings is 3. The summed E-state index contributed by atoms with van der Waals surface area (Å²) in [6.07, 6.45) is 30.5. The van der Waals surface area contributed by atoms with Gasteiger partial charge in [-0.1, -0.05) is 289 Å². The predicted molar refractivity (Wildman–Crippen MR) is 497 cm³/mol. The fourth-order valence-corrected chi connectivity index (χ4v) is 19.2. The van der Waals surface area contributed by atoms with Crippen molar-refractivity contribution in [2.75, 3.05) is 19.8 Å². The summed E-state index contributed by atoms with van der Waals surface area (Å²) in [6, 6.07) is 71.0. The van der Waals surface area contributed by atoms with E-state index in [1.54, 1.807) is 42.9 Å². The number of nitrogens with two attached hydrogens (primary N) is 1. The first kappa shape index (κ1) is 98.0. The van der Waals surface area contributed by atoms with Gasteiger partial charge < -0.3 is 63.9 Å². The number of aromatic nitrogens is 3. The Balaban J connectivity index is 0.000000159. The van der Waals surface area contributed by atoms with Gasteiger partial charge in [0.05, 0.1) is 72.3 Å². The van der Waals surface area contributed by atoms with Crippen molar-refractivity contribution in [3.05, 3.63) is 336 Å². The minimum absolute atomic E-state index is 0.0145. The second kappa shape index (κ2) is 47.6. The first-order chi connectivity index (χ1) is 63.0. The van der Waals surface area contributed by atoms with Gasteiger partial charge in [-0.15, -0.1) is 0 Å². The van der Waals surface area contributed by atoms with Gasteiger partial charge in [0.25, 0.3) is 0 Å². The summed E-state index contributed by atoms with van der Waals surface area (Å²) < 4.78 is 27.0. The van der Waals surface area contributed by atoms with Crippen molar-refractivity contribution >= 4 is 29.5 Å². The Hall–Kier alpha value is -12.6. The Morgan fingerprint density at radius 3 is 1.11 bits per heavy atom. The van der Waals surface area contributed by atoms with Gasteiger partial charge >= 0.3 is 17.9 Å². The van der Waals surface area contributed by atoms with Gasteiger partial charge in [-0.2, -0.15) is 10.5 Å². The van der Waals surface area contributed by atoms with Crippen LogP contribution in [-0.4, -0.2) is 88.5 Å². The number of aliphatic hydroxyl groups excluding tert-OH is 3. The summed E-state index contributed by atoms with van der Waals surface area (Å²) in [7, 11) is 0. The van der Waals surface area contributed by atoms with Gasteiger partial charge in [-0.3, -0.25) is 24.0 Å². The number of nitrogens with zero attached hydrogens (tertiary/aromatic N) is 5. The monoisotopic (exact) mass is 1760 g/mol. The number of carbonyl (C=O) groups is 5. The molecule has 130 heavy (non-hydrogen) atoms. The molecule has 0 aliphatic heterocycles. The van der Waals surface area contributed by atoms with E-state index in [-0.39, 0.29) is 72.6 Å². The molecule has 6 fully saturated rings. The summed E-state index contributed by atoms with van der Waals surface area (Å²) in [6.45, 7) is 5.75. The predicted octanol–water partition coefficient (Wildman–Crippen LogP) is 19.4. The number of esters is 2. The van der Waals surface area contributed by atoms with Crippen molar-refractivity contribution in [1.29, 1.82) is 10.5 Å². The molecule has 7 aromatic carbocycles. The Labute approximate surface area is 760 Å². The van der Waals surface area contributed by atoms with Crippen molar-refractivity contribution in [2.24, 2.45) is 38.7 Å². The van der Waals surface area contributed by atoms with Crippen LogP contribution < -0.4 is 31.5 Å². The van der Waals surface area contributed by atoms with E-state index in [2.05, 4.69) is 12.1 Å². The number of aromatic carboxylic acids is 1. The molecule has 7 N–H and O–H groups in total. The molecule has 0 radical (unpaired) electrons. The van der Waals surface area contributed by atoms with Crippen LogP contribution in [0.2, 0.25) is 0 Å². The quantitative estimate of drug-likeness (QED) is 0.0196. The van der Waals surface area contributed by atoms with Gasteiger partial charge in [0.15, 0.2) is 28.8 Å². The molecule has 3 heterocycles. The molecule has 0 bridgehead atoms. The second-order valence-corrected chi connectivity index (χ2v) is 35.2. The zero-order valence-corrected chi connectivity index (χ0v) is 74.6. The van der Waals surface area contributed by atoms with Crippen molar-refractivity contribution in [3.63, 3.8) is 0 Å². The van der Waals surface area contributed by atoms with Crippen LogP contribution in [0.5, 0.6) is 17.2 Å². The Bertz CT molecular complexity index is 5590. The molecule has 23 nitrogen and oxygen atoms in total. The molecular weight excluding hydrogens is 1640 g/mol. The average Bonchev–Trinajstić information content (AvgIpc) is 1.59. The van der Waals surface area contributed by atoms with Crippen LogP contribution in [0.25, 0.3) is 0 Å². The lowest BCUT2D eigenvalue weighted by Crippen LogP contribution is -2.34. The first-order valence-corrected chi connectivity index (χ1v) is 45.7. The normalized spacial score (nSPS) is 17.0. The number of hydrogen-bond donors (Lipinski definition) is 6. The van der Waals surface area contributed by atoms with Crippen LogP contribution in [0, 0.1) is 55.7 Å². The number of carboxylic acids is 1. The summed E-state index contributed by atoms with van der Waals surface area (Å²) in [5, 5.41) is 68.5. The minimum atomic E-state index is -1.40. The number of rotatable bonds is 28. The number of aliphatic hydroxyl groups is 3. The summed E-state index contributed by atoms with van der Waals surface area (Å²) in [4.78, 5) is 101. The van der Waals surface area contributed by atoms with E-state index in [4.69, 9.17) is 35.0 Å². The molecule has 0 saturated heterocycles. The van der Waals surface area contributed by atoms with Crippen LogP contribution in [0.15, 0.2) is 264 Å². The third-order valence-corrected chi connectivity index (χ3v) is 26.4. The SMILES string of the molecule is CCOC(=O)c1cn(CC2(C(=O)c3ccccc3)CCCC2)cc(OCc2ccccc2)c1=O.CCOC(=O)c1cn(CC2(C(O)c3ccccc3)CCCC2)cc(OCc2ccccc2)c1=O.N#CC1(C(O)c2ccccc2)CCCC1.N#CC1CCCC1.NCC1(C(O)c2ccccc2)CCCC1.O=C(O)c1cn(CC2(C(=O)c3ccccc3)CCCC2)cc(O)c1=O. The number of aromatic hydroxyl groups is 1. The molecular formula is C107H122N6O17. The standard InChI is InChI=1S/C28H31NO5.C28H29NO5.C19H19NO5.C13H19NO.C13H15NO.C6H9N/c2*1-2-33-27(32)23-17-29(18-24(25(23)30)34-19-21-11-5-3-6-12-21)20-28(15-9-10-16-28)26(31)22-13-7-4-8-14-22;21-15-11-20(10-14(16(15)22)18(24)25)12-19(8-4-5-9-19)17(23)13-6-2-1-3-7-13;2*14-10-13(8-4-5-9-13)12(15)11-6-2-1-3-7-11;7-5-6-3-1-2-4-6/h3-8,11-14,17-18,26,31H,2,9-10,15-16,19-20H2,1H3;3-8,11-14,17-18H,2,9-10,15-16,19-20H2,1H3;1-3,6-7,10-11,21H,4-5,8-9,12H2,(H,24,25);1-3,6-7,12,15H,4-5,8-10,14H2;1-3,6-7,12,15H,4-5,8-9H2;6H,1-4H2. The van der Waals surface area contributed by atoms with Crippen LogP contribution in [0.1, 0.15) is 266 Å². The Morgan fingerprint density at radius 2 is 0.746 bits per heavy atom. The third-order valence-electron chi connectivity index (χ3n) is 26.4. The molecule has 3 atom stereocenters. The van der Waals surface area contributed by atoms with E-state index >= 15 is 0 Å². The number of carbonyl (C=O) groups excluding carboxylic acids is 4. The van der Waals surface area contributed by atoms with E-state index in [1.165, 1.54) is 55.0 Å². The highest BCUT2D eigenvalue weighted by Crippen LogP contribution is 2.51. The van der Waals surface area contributed by atoms with Crippen LogP contribution >= 0.6 is 0 Å². The van der Waals surface area contributed by atoms with Gasteiger partial charge in [-0.05, 0) is 119 Å². The highest BCUT2D eigenvalue weighted by atomic mass is 16.5. The summed E-state index contributed by atoms with van der Waals surface area (Å²) >= 11 is 0. The second-order valence-electron chi connectivity index (χ2n) is 35.2. The topological polar surface area (TPSA) is 363 Å². The average molecular weight is 1760 g/mol. The van der Waals surface area contributed by atoms with Gasteiger partial charge in [0.2, 0.25) is 16.3 Å². The van der Waals surface area contributed by atoms with Gasteiger partial charge in [-0.25, -0.2) is 14.4 Å². The highest BCUT2D eigenvalue weighted by Gasteiger charge is 2.46. The smallest absolute Gasteiger partial charge is 0.343 e. The molecule has 23 heteroatoms. The summed E-state index contributed by atoms with van der Waals surface area (Å²) in [5.41, 5.74) is 6.87. The molecule has 16 rings (SSSR count). The number of nitriles is 2. The molecule has 6 aliphatic rings. The minimum Gasteiger partial charge on any atom is -0.503 e. The number of benzene rings is 7. The zero-order chi connectivity index (χ0) is 92.5. The maximum Gasteiger partial charge on any atom is 0.343 e. The van der Waals surface area contributed by atoms with Crippen molar-refractivity contribution in [3.8, 4) is 29.4 Å². The van der Waals surface area contributed by atoms with Crippen LogP contribution in [-0.2, 0) is 42.3 Å². The molecule has 10 aromatic rings. The fourth-order valence-electron chi connectivity index (χ4n) is 19.2. The Kier molecular flexibility index (Phi) is 35.9. The number of hydrogen-bond acceptors (Lipinski definition) is 19. The zero-order valence-electron chi connectivity index (χ0n) is 74.6. The maximum atomic E-state index is 13.6. The van der Waals surface area contributed by atoms with Crippen LogP contribution in [0.4, 0.5) is 0 Å². The first-order valence-electron chi connectivity index (χ1n) is 45.7. The molecule has 3 aromatic heterocycles. The van der Waals surface area contributed by atoms with E-state index < -0.39 is 85.5 Å². The van der Waals surface area contributed by atoms with Crippen molar-refractivity contribution in [1.82, 2.24) is 13.7 Å². The third kappa shape index (κ3) is 25.3. The highest BCUT2D eigenvalue weighted by molar-refractivity contribution is 6.01. The van der Waals surface area contributed by atoms with Crippen molar-refractivity contribution < 1.29 is 68.5 Å². The van der Waals surface area contributed by atoms with Gasteiger partial charge in [0, 0.05) is 78.8 Å². The molecule has 3 unspecified atom stereocenters. The van der Waals surface area contributed by atoms with Crippen LogP contribution in [0.3, 0.4) is 0 Å².